The fourth-order valence-electron chi connectivity index (χ4n) is 1.86. The lowest BCUT2D eigenvalue weighted by molar-refractivity contribution is 0.178. The minimum absolute atomic E-state index is 0.296. The van der Waals surface area contributed by atoms with Gasteiger partial charge >= 0.3 is 0 Å². The molecule has 0 amide bonds. The van der Waals surface area contributed by atoms with Crippen LogP contribution in [-0.2, 0) is 6.42 Å². The van der Waals surface area contributed by atoms with Crippen molar-refractivity contribution in [3.05, 3.63) is 69.4 Å². The minimum atomic E-state index is -0.612. The van der Waals surface area contributed by atoms with Gasteiger partial charge in [-0.05, 0) is 36.2 Å². The van der Waals surface area contributed by atoms with Crippen LogP contribution in [0, 0.1) is 12.7 Å². The molecule has 2 rings (SSSR count). The standard InChI is InChI=1S/C15H14BrFO/c1-10-2-4-12(5-3-10)15(18)8-11-6-13(16)9-14(17)7-11/h2-7,9,15,18H,8H2,1H3. The average molecular weight is 309 g/mol. The van der Waals surface area contributed by atoms with Gasteiger partial charge in [0.05, 0.1) is 6.10 Å². The first-order valence-corrected chi connectivity index (χ1v) is 6.53. The van der Waals surface area contributed by atoms with Crippen LogP contribution >= 0.6 is 15.9 Å². The molecule has 1 N–H and O–H groups in total. The molecule has 0 aliphatic carbocycles. The van der Waals surface area contributed by atoms with E-state index in [-0.39, 0.29) is 5.82 Å². The molecule has 18 heavy (non-hydrogen) atoms. The van der Waals surface area contributed by atoms with Gasteiger partial charge in [0.25, 0.3) is 0 Å². The molecule has 0 aromatic heterocycles. The van der Waals surface area contributed by atoms with Crippen LogP contribution in [0.4, 0.5) is 4.39 Å². The van der Waals surface area contributed by atoms with E-state index in [0.29, 0.717) is 10.9 Å². The van der Waals surface area contributed by atoms with Crippen LogP contribution < -0.4 is 0 Å². The number of aliphatic hydroxyl groups excluding tert-OH is 1. The van der Waals surface area contributed by atoms with Crippen molar-refractivity contribution in [3.63, 3.8) is 0 Å². The predicted octanol–water partition coefficient (Wildman–Crippen LogP) is 4.17. The molecular weight excluding hydrogens is 295 g/mol. The Kier molecular flexibility index (Phi) is 4.15. The van der Waals surface area contributed by atoms with E-state index in [0.717, 1.165) is 16.7 Å². The van der Waals surface area contributed by atoms with Crippen LogP contribution in [0.2, 0.25) is 0 Å². The Morgan fingerprint density at radius 2 is 1.83 bits per heavy atom. The van der Waals surface area contributed by atoms with Crippen molar-refractivity contribution in [2.75, 3.05) is 0 Å². The van der Waals surface area contributed by atoms with Crippen LogP contribution in [0.15, 0.2) is 46.9 Å². The molecule has 3 heteroatoms. The zero-order chi connectivity index (χ0) is 13.1. The molecule has 0 spiro atoms. The predicted molar refractivity (Wildman–Crippen MR) is 73.9 cm³/mol. The van der Waals surface area contributed by atoms with Crippen molar-refractivity contribution in [1.82, 2.24) is 0 Å². The van der Waals surface area contributed by atoms with Crippen LogP contribution in [0.3, 0.4) is 0 Å². The van der Waals surface area contributed by atoms with E-state index in [1.165, 1.54) is 12.1 Å². The van der Waals surface area contributed by atoms with Crippen LogP contribution in [0.5, 0.6) is 0 Å². The van der Waals surface area contributed by atoms with E-state index >= 15 is 0 Å². The van der Waals surface area contributed by atoms with E-state index < -0.39 is 6.10 Å². The summed E-state index contributed by atoms with van der Waals surface area (Å²) >= 11 is 3.25. The molecule has 94 valence electrons. The molecular formula is C15H14BrFO. The largest absolute Gasteiger partial charge is 0.388 e. The molecule has 0 saturated carbocycles. The lowest BCUT2D eigenvalue weighted by Gasteiger charge is -2.12. The third-order valence-corrected chi connectivity index (χ3v) is 3.27. The van der Waals surface area contributed by atoms with Crippen molar-refractivity contribution in [2.24, 2.45) is 0 Å². The summed E-state index contributed by atoms with van der Waals surface area (Å²) in [5, 5.41) is 10.1. The molecule has 0 radical (unpaired) electrons. The maximum atomic E-state index is 13.2. The van der Waals surface area contributed by atoms with Crippen molar-refractivity contribution < 1.29 is 9.50 Å². The Labute approximate surface area is 114 Å². The summed E-state index contributed by atoms with van der Waals surface area (Å²) in [6.45, 7) is 2.00. The fraction of sp³-hybridized carbons (Fsp3) is 0.200. The topological polar surface area (TPSA) is 20.2 Å². The SMILES string of the molecule is Cc1ccc(C(O)Cc2cc(F)cc(Br)c2)cc1. The quantitative estimate of drug-likeness (QED) is 0.902. The van der Waals surface area contributed by atoms with Gasteiger partial charge in [-0.15, -0.1) is 0 Å². The second-order valence-corrected chi connectivity index (χ2v) is 5.32. The zero-order valence-corrected chi connectivity index (χ0v) is 11.6. The van der Waals surface area contributed by atoms with Gasteiger partial charge in [-0.3, -0.25) is 0 Å². The number of benzene rings is 2. The van der Waals surface area contributed by atoms with E-state index in [9.17, 15) is 9.50 Å². The molecule has 1 nitrogen and oxygen atoms in total. The van der Waals surface area contributed by atoms with E-state index in [4.69, 9.17) is 0 Å². The van der Waals surface area contributed by atoms with Gasteiger partial charge in [0.2, 0.25) is 0 Å². The monoisotopic (exact) mass is 308 g/mol. The molecule has 1 unspecified atom stereocenters. The maximum Gasteiger partial charge on any atom is 0.124 e. The summed E-state index contributed by atoms with van der Waals surface area (Å²) in [6.07, 6.45) is -0.210. The number of hydrogen-bond acceptors (Lipinski definition) is 1. The highest BCUT2D eigenvalue weighted by molar-refractivity contribution is 9.10. The van der Waals surface area contributed by atoms with Crippen molar-refractivity contribution in [1.29, 1.82) is 0 Å². The van der Waals surface area contributed by atoms with Crippen LogP contribution in [0.25, 0.3) is 0 Å². The summed E-state index contributed by atoms with van der Waals surface area (Å²) in [7, 11) is 0. The van der Waals surface area contributed by atoms with Gasteiger partial charge < -0.3 is 5.11 Å². The Bertz CT molecular complexity index is 516. The summed E-state index contributed by atoms with van der Waals surface area (Å²) in [5.41, 5.74) is 2.77. The van der Waals surface area contributed by atoms with Crippen molar-refractivity contribution >= 4 is 15.9 Å². The zero-order valence-electron chi connectivity index (χ0n) is 10.0. The Balaban J connectivity index is 2.15. The van der Waals surface area contributed by atoms with E-state index in [2.05, 4.69) is 15.9 Å². The summed E-state index contributed by atoms with van der Waals surface area (Å²) in [4.78, 5) is 0. The molecule has 0 saturated heterocycles. The second kappa shape index (κ2) is 5.63. The highest BCUT2D eigenvalue weighted by Crippen LogP contribution is 2.22. The van der Waals surface area contributed by atoms with Crippen LogP contribution in [0.1, 0.15) is 22.8 Å². The first-order valence-electron chi connectivity index (χ1n) is 5.74. The first kappa shape index (κ1) is 13.2. The van der Waals surface area contributed by atoms with Crippen LogP contribution in [-0.4, -0.2) is 5.11 Å². The Morgan fingerprint density at radius 3 is 2.44 bits per heavy atom. The number of aliphatic hydroxyl groups is 1. The van der Waals surface area contributed by atoms with Gasteiger partial charge in [0, 0.05) is 10.9 Å². The minimum Gasteiger partial charge on any atom is -0.388 e. The normalized spacial score (nSPS) is 12.4. The Hall–Kier alpha value is -1.19. The maximum absolute atomic E-state index is 13.2. The van der Waals surface area contributed by atoms with Gasteiger partial charge in [0.15, 0.2) is 0 Å². The van der Waals surface area contributed by atoms with Gasteiger partial charge in [-0.2, -0.15) is 0 Å². The average Bonchev–Trinajstić information content (AvgIpc) is 2.28. The third-order valence-electron chi connectivity index (χ3n) is 2.81. The highest BCUT2D eigenvalue weighted by Gasteiger charge is 2.09. The number of aryl methyl sites for hydroxylation is 1. The first-order chi connectivity index (χ1) is 8.54. The molecule has 2 aromatic carbocycles. The van der Waals surface area contributed by atoms with Crippen molar-refractivity contribution in [2.45, 2.75) is 19.4 Å². The second-order valence-electron chi connectivity index (χ2n) is 4.41. The molecule has 0 fully saturated rings. The molecule has 0 aliphatic heterocycles. The number of rotatable bonds is 3. The number of halogens is 2. The molecule has 1 atom stereocenters. The number of hydrogen-bond donors (Lipinski definition) is 1. The lowest BCUT2D eigenvalue weighted by Crippen LogP contribution is -2.02. The Morgan fingerprint density at radius 1 is 1.17 bits per heavy atom. The highest BCUT2D eigenvalue weighted by atomic mass is 79.9. The molecule has 0 heterocycles. The summed E-state index contributed by atoms with van der Waals surface area (Å²) in [5.74, 6) is -0.296. The van der Waals surface area contributed by atoms with Crippen molar-refractivity contribution in [3.8, 4) is 0 Å². The summed E-state index contributed by atoms with van der Waals surface area (Å²) < 4.78 is 13.9. The van der Waals surface area contributed by atoms with Gasteiger partial charge in [-0.1, -0.05) is 45.8 Å². The van der Waals surface area contributed by atoms with Gasteiger partial charge in [-0.25, -0.2) is 4.39 Å². The molecule has 2 aromatic rings. The lowest BCUT2D eigenvalue weighted by atomic mass is 10.0. The molecule has 0 aliphatic rings. The van der Waals surface area contributed by atoms with E-state index in [1.807, 2.05) is 37.3 Å². The van der Waals surface area contributed by atoms with E-state index in [1.54, 1.807) is 0 Å². The smallest absolute Gasteiger partial charge is 0.124 e. The summed E-state index contributed by atoms with van der Waals surface area (Å²) in [6, 6.07) is 12.4. The van der Waals surface area contributed by atoms with Gasteiger partial charge in [0.1, 0.15) is 5.82 Å². The molecule has 0 bridgehead atoms. The third kappa shape index (κ3) is 3.40. The fourth-order valence-corrected chi connectivity index (χ4v) is 2.37.